The van der Waals surface area contributed by atoms with Crippen LogP contribution in [0.3, 0.4) is 0 Å². The van der Waals surface area contributed by atoms with Crippen LogP contribution in [-0.2, 0) is 9.59 Å². The molecule has 0 spiro atoms. The van der Waals surface area contributed by atoms with Crippen molar-refractivity contribution in [2.45, 2.75) is 18.0 Å². The quantitative estimate of drug-likeness (QED) is 0.625. The first-order chi connectivity index (χ1) is 8.90. The summed E-state index contributed by atoms with van der Waals surface area (Å²) in [7, 11) is 0. The van der Waals surface area contributed by atoms with Crippen molar-refractivity contribution in [1.29, 1.82) is 0 Å². The number of carbonyl (C=O) groups excluding carboxylic acids is 2. The Hall–Kier alpha value is -2.09. The summed E-state index contributed by atoms with van der Waals surface area (Å²) in [6, 6.07) is 2.09. The van der Waals surface area contributed by atoms with Gasteiger partial charge in [-0.25, -0.2) is 9.78 Å². The number of aromatic nitrogens is 1. The Balaban J connectivity index is 2.61. The molecule has 0 aliphatic rings. The molecule has 0 aromatic carbocycles. The lowest BCUT2D eigenvalue weighted by molar-refractivity contribution is -0.140. The second-order valence-electron chi connectivity index (χ2n) is 3.65. The lowest BCUT2D eigenvalue weighted by atomic mass is 10.3. The van der Waals surface area contributed by atoms with E-state index < -0.39 is 23.8 Å². The number of carboxylic acids is 1. The summed E-state index contributed by atoms with van der Waals surface area (Å²) < 4.78 is 0. The maximum absolute atomic E-state index is 10.9. The molecule has 0 aliphatic heterocycles. The van der Waals surface area contributed by atoms with Crippen LogP contribution in [0.4, 0.5) is 0 Å². The summed E-state index contributed by atoms with van der Waals surface area (Å²) in [6.45, 7) is 1.25. The van der Waals surface area contributed by atoms with Gasteiger partial charge in [0.15, 0.2) is 0 Å². The number of nitrogens with two attached hydrogens (primary N) is 1. The third kappa shape index (κ3) is 4.96. The van der Waals surface area contributed by atoms with Gasteiger partial charge in [0.2, 0.25) is 11.8 Å². The number of carbonyl (C=O) groups is 3. The predicted octanol–water partition coefficient (Wildman–Crippen LogP) is -0.138. The average Bonchev–Trinajstić information content (AvgIpc) is 2.34. The lowest BCUT2D eigenvalue weighted by Gasteiger charge is -2.12. The number of thioether (sulfide) groups is 1. The molecular formula is C11H13N3O4S. The number of carboxylic acid groups (broad SMARTS) is 1. The number of aliphatic carboxylic acids is 1. The molecular weight excluding hydrogens is 270 g/mol. The summed E-state index contributed by atoms with van der Waals surface area (Å²) in [4.78, 5) is 36.5. The third-order valence-corrected chi connectivity index (χ3v) is 3.13. The molecule has 7 nitrogen and oxygen atoms in total. The Morgan fingerprint density at radius 3 is 2.58 bits per heavy atom. The molecule has 0 fully saturated rings. The number of hydrogen-bond acceptors (Lipinski definition) is 5. The van der Waals surface area contributed by atoms with Crippen molar-refractivity contribution >= 4 is 29.5 Å². The highest BCUT2D eigenvalue weighted by Crippen LogP contribution is 2.16. The minimum atomic E-state index is -1.11. The zero-order valence-electron chi connectivity index (χ0n) is 10.1. The highest BCUT2D eigenvalue weighted by atomic mass is 32.2. The van der Waals surface area contributed by atoms with Gasteiger partial charge in [-0.3, -0.25) is 9.59 Å². The van der Waals surface area contributed by atoms with Crippen molar-refractivity contribution in [3.8, 4) is 0 Å². The standard InChI is InChI=1S/C11H13N3O4S/c1-6(15)14-8(11(17)18)5-19-9-3-2-7(4-13-9)10(12)16/h2-4,8H,5H2,1H3,(H2,12,16)(H,14,15)(H,17,18)/t8-/m0/s1. The van der Waals surface area contributed by atoms with E-state index in [0.717, 1.165) is 11.8 Å². The number of rotatable bonds is 6. The van der Waals surface area contributed by atoms with Crippen molar-refractivity contribution < 1.29 is 19.5 Å². The van der Waals surface area contributed by atoms with Crippen molar-refractivity contribution in [2.24, 2.45) is 5.73 Å². The van der Waals surface area contributed by atoms with E-state index in [1.165, 1.54) is 19.2 Å². The molecule has 1 rings (SSSR count). The molecule has 8 heteroatoms. The fraction of sp³-hybridized carbons (Fsp3) is 0.273. The SMILES string of the molecule is CC(=O)N[C@@H](CSc1ccc(C(N)=O)cn1)C(=O)O. The van der Waals surface area contributed by atoms with Crippen LogP contribution in [-0.4, -0.2) is 39.7 Å². The fourth-order valence-corrected chi connectivity index (χ4v) is 2.06. The molecule has 19 heavy (non-hydrogen) atoms. The maximum Gasteiger partial charge on any atom is 0.327 e. The van der Waals surface area contributed by atoms with Crippen LogP contribution in [0.2, 0.25) is 0 Å². The summed E-state index contributed by atoms with van der Waals surface area (Å²) in [5, 5.41) is 11.8. The number of primary amides is 1. The highest BCUT2D eigenvalue weighted by Gasteiger charge is 2.18. The number of amides is 2. The Morgan fingerprint density at radius 1 is 1.47 bits per heavy atom. The summed E-state index contributed by atoms with van der Waals surface area (Å²) >= 11 is 1.16. The van der Waals surface area contributed by atoms with E-state index in [2.05, 4.69) is 10.3 Å². The van der Waals surface area contributed by atoms with E-state index in [1.807, 2.05) is 0 Å². The summed E-state index contributed by atoms with van der Waals surface area (Å²) in [6.07, 6.45) is 1.32. The van der Waals surface area contributed by atoms with E-state index >= 15 is 0 Å². The first-order valence-electron chi connectivity index (χ1n) is 5.28. The predicted molar refractivity (Wildman–Crippen MR) is 68.7 cm³/mol. The molecule has 0 aliphatic carbocycles. The van der Waals surface area contributed by atoms with E-state index in [-0.39, 0.29) is 11.3 Å². The minimum absolute atomic E-state index is 0.137. The van der Waals surface area contributed by atoms with Crippen LogP contribution in [0, 0.1) is 0 Å². The Bertz CT molecular complexity index is 489. The van der Waals surface area contributed by atoms with Gasteiger partial charge >= 0.3 is 5.97 Å². The molecule has 4 N–H and O–H groups in total. The fourth-order valence-electron chi connectivity index (χ4n) is 1.20. The first kappa shape index (κ1) is 15.0. The van der Waals surface area contributed by atoms with Gasteiger partial charge in [-0.1, -0.05) is 0 Å². The first-order valence-corrected chi connectivity index (χ1v) is 6.27. The Labute approximate surface area is 113 Å². The lowest BCUT2D eigenvalue weighted by Crippen LogP contribution is -2.41. The van der Waals surface area contributed by atoms with Gasteiger partial charge in [-0.2, -0.15) is 0 Å². The van der Waals surface area contributed by atoms with Crippen LogP contribution in [0.5, 0.6) is 0 Å². The van der Waals surface area contributed by atoms with Crippen molar-refractivity contribution in [1.82, 2.24) is 10.3 Å². The average molecular weight is 283 g/mol. The van der Waals surface area contributed by atoms with Crippen LogP contribution in [0.1, 0.15) is 17.3 Å². The number of pyridine rings is 1. The molecule has 0 saturated carbocycles. The third-order valence-electron chi connectivity index (χ3n) is 2.09. The second kappa shape index (κ2) is 6.74. The van der Waals surface area contributed by atoms with Crippen LogP contribution >= 0.6 is 11.8 Å². The molecule has 0 saturated heterocycles. The molecule has 1 aromatic heterocycles. The van der Waals surface area contributed by atoms with Gasteiger partial charge < -0.3 is 16.2 Å². The molecule has 0 unspecified atom stereocenters. The normalized spacial score (nSPS) is 11.6. The molecule has 2 amide bonds. The number of nitrogens with zero attached hydrogens (tertiary/aromatic N) is 1. The van der Waals surface area contributed by atoms with E-state index in [9.17, 15) is 14.4 Å². The Morgan fingerprint density at radius 2 is 2.16 bits per heavy atom. The van der Waals surface area contributed by atoms with Crippen LogP contribution in [0.25, 0.3) is 0 Å². The molecule has 1 aromatic rings. The van der Waals surface area contributed by atoms with Gasteiger partial charge in [0.05, 0.1) is 10.6 Å². The van der Waals surface area contributed by atoms with Crippen molar-refractivity contribution in [3.63, 3.8) is 0 Å². The van der Waals surface area contributed by atoms with Gasteiger partial charge in [0.25, 0.3) is 0 Å². The zero-order valence-corrected chi connectivity index (χ0v) is 10.9. The molecule has 0 radical (unpaired) electrons. The maximum atomic E-state index is 10.9. The van der Waals surface area contributed by atoms with Gasteiger partial charge in [-0.15, -0.1) is 11.8 Å². The highest BCUT2D eigenvalue weighted by molar-refractivity contribution is 7.99. The number of hydrogen-bond donors (Lipinski definition) is 3. The van der Waals surface area contributed by atoms with Gasteiger partial charge in [-0.05, 0) is 12.1 Å². The molecule has 0 bridgehead atoms. The van der Waals surface area contributed by atoms with Crippen LogP contribution in [0.15, 0.2) is 23.4 Å². The molecule has 1 atom stereocenters. The van der Waals surface area contributed by atoms with E-state index in [0.29, 0.717) is 5.03 Å². The topological polar surface area (TPSA) is 122 Å². The minimum Gasteiger partial charge on any atom is -0.480 e. The zero-order chi connectivity index (χ0) is 14.4. The van der Waals surface area contributed by atoms with Gasteiger partial charge in [0.1, 0.15) is 6.04 Å². The largest absolute Gasteiger partial charge is 0.480 e. The summed E-state index contributed by atoms with van der Waals surface area (Å²) in [5.74, 6) is -1.97. The summed E-state index contributed by atoms with van der Waals surface area (Å²) in [5.41, 5.74) is 5.35. The number of nitrogens with one attached hydrogen (secondary N) is 1. The molecule has 102 valence electrons. The smallest absolute Gasteiger partial charge is 0.327 e. The van der Waals surface area contributed by atoms with Crippen molar-refractivity contribution in [3.05, 3.63) is 23.9 Å². The van der Waals surface area contributed by atoms with Crippen LogP contribution < -0.4 is 11.1 Å². The van der Waals surface area contributed by atoms with Gasteiger partial charge in [0, 0.05) is 18.9 Å². The van der Waals surface area contributed by atoms with E-state index in [1.54, 1.807) is 6.07 Å². The molecule has 1 heterocycles. The second-order valence-corrected chi connectivity index (χ2v) is 4.69. The monoisotopic (exact) mass is 283 g/mol. The van der Waals surface area contributed by atoms with Crippen molar-refractivity contribution in [2.75, 3.05) is 5.75 Å². The Kier molecular flexibility index (Phi) is 5.31. The van der Waals surface area contributed by atoms with E-state index in [4.69, 9.17) is 10.8 Å².